The third-order valence-electron chi connectivity index (χ3n) is 2.49. The van der Waals surface area contributed by atoms with E-state index in [1.807, 2.05) is 6.92 Å². The Labute approximate surface area is 86.4 Å². The third kappa shape index (κ3) is 2.33. The molecule has 0 aliphatic carbocycles. The SMILES string of the molecule is COC(=O)C(C)S(=O)C1CCOC1C. The Balaban J connectivity index is 2.60. The monoisotopic (exact) mass is 220 g/mol. The number of hydrogen-bond donors (Lipinski definition) is 0. The largest absolute Gasteiger partial charge is 0.468 e. The lowest BCUT2D eigenvalue weighted by atomic mass is 10.3. The maximum absolute atomic E-state index is 11.9. The second-order valence-electron chi connectivity index (χ2n) is 3.40. The second kappa shape index (κ2) is 4.89. The van der Waals surface area contributed by atoms with Crippen LogP contribution in [0.5, 0.6) is 0 Å². The molecule has 0 aromatic rings. The van der Waals surface area contributed by atoms with Crippen molar-refractivity contribution in [1.82, 2.24) is 0 Å². The molecule has 0 amide bonds. The molecule has 1 saturated heterocycles. The van der Waals surface area contributed by atoms with Crippen LogP contribution in [0.2, 0.25) is 0 Å². The fourth-order valence-corrected chi connectivity index (χ4v) is 3.14. The minimum Gasteiger partial charge on any atom is -0.468 e. The highest BCUT2D eigenvalue weighted by atomic mass is 32.2. The van der Waals surface area contributed by atoms with Crippen LogP contribution in [0.3, 0.4) is 0 Å². The van der Waals surface area contributed by atoms with E-state index in [2.05, 4.69) is 4.74 Å². The van der Waals surface area contributed by atoms with Crippen LogP contribution in [0.25, 0.3) is 0 Å². The lowest BCUT2D eigenvalue weighted by Gasteiger charge is -2.17. The molecule has 1 rings (SSSR count). The van der Waals surface area contributed by atoms with Crippen LogP contribution in [0.1, 0.15) is 20.3 Å². The number of hydrogen-bond acceptors (Lipinski definition) is 4. The zero-order valence-electron chi connectivity index (χ0n) is 8.69. The Bertz CT molecular complexity index is 241. The molecule has 0 N–H and O–H groups in total. The molecule has 82 valence electrons. The predicted molar refractivity (Wildman–Crippen MR) is 53.4 cm³/mol. The number of rotatable bonds is 3. The molecule has 1 heterocycles. The Morgan fingerprint density at radius 2 is 2.29 bits per heavy atom. The van der Waals surface area contributed by atoms with Crippen molar-refractivity contribution in [3.63, 3.8) is 0 Å². The minimum absolute atomic E-state index is 0.0251. The summed E-state index contributed by atoms with van der Waals surface area (Å²) in [5.41, 5.74) is 0. The van der Waals surface area contributed by atoms with Crippen LogP contribution in [-0.4, -0.2) is 40.5 Å². The van der Waals surface area contributed by atoms with Crippen LogP contribution in [0, 0.1) is 0 Å². The Morgan fingerprint density at radius 1 is 1.64 bits per heavy atom. The van der Waals surface area contributed by atoms with Gasteiger partial charge in [-0.3, -0.25) is 9.00 Å². The molecule has 0 aromatic carbocycles. The fourth-order valence-electron chi connectivity index (χ4n) is 1.54. The first kappa shape index (κ1) is 11.7. The Hall–Kier alpha value is -0.420. The van der Waals surface area contributed by atoms with Gasteiger partial charge in [0.05, 0.1) is 18.5 Å². The summed E-state index contributed by atoms with van der Waals surface area (Å²) in [6, 6.07) is 0. The molecule has 0 radical (unpaired) electrons. The molecule has 0 spiro atoms. The first-order chi connectivity index (χ1) is 6.57. The summed E-state index contributed by atoms with van der Waals surface area (Å²) in [7, 11) is 0.110. The topological polar surface area (TPSA) is 52.6 Å². The van der Waals surface area contributed by atoms with Gasteiger partial charge < -0.3 is 9.47 Å². The Kier molecular flexibility index (Phi) is 4.07. The van der Waals surface area contributed by atoms with Crippen LogP contribution in [0.4, 0.5) is 0 Å². The first-order valence-corrected chi connectivity index (χ1v) is 5.94. The number of carbonyl (C=O) groups excluding carboxylic acids is 1. The third-order valence-corrected chi connectivity index (χ3v) is 4.59. The van der Waals surface area contributed by atoms with Gasteiger partial charge in [0.2, 0.25) is 0 Å². The summed E-state index contributed by atoms with van der Waals surface area (Å²) in [5, 5.41) is -0.599. The van der Waals surface area contributed by atoms with E-state index in [-0.39, 0.29) is 11.4 Å². The van der Waals surface area contributed by atoms with Crippen molar-refractivity contribution < 1.29 is 18.5 Å². The van der Waals surface area contributed by atoms with Crippen molar-refractivity contribution in [3.05, 3.63) is 0 Å². The Morgan fingerprint density at radius 3 is 2.71 bits per heavy atom. The predicted octanol–water partition coefficient (Wildman–Crippen LogP) is 0.474. The molecule has 4 atom stereocenters. The lowest BCUT2D eigenvalue weighted by molar-refractivity contribution is -0.139. The zero-order chi connectivity index (χ0) is 10.7. The van der Waals surface area contributed by atoms with Gasteiger partial charge in [-0.05, 0) is 20.3 Å². The summed E-state index contributed by atoms with van der Waals surface area (Å²) >= 11 is 0. The van der Waals surface area contributed by atoms with Crippen molar-refractivity contribution in [2.45, 2.75) is 36.9 Å². The maximum Gasteiger partial charge on any atom is 0.321 e. The van der Waals surface area contributed by atoms with Gasteiger partial charge in [0.1, 0.15) is 5.25 Å². The van der Waals surface area contributed by atoms with Gasteiger partial charge in [0.25, 0.3) is 0 Å². The van der Waals surface area contributed by atoms with Gasteiger partial charge in [-0.2, -0.15) is 0 Å². The van der Waals surface area contributed by atoms with E-state index in [9.17, 15) is 9.00 Å². The highest BCUT2D eigenvalue weighted by molar-refractivity contribution is 7.87. The number of methoxy groups -OCH3 is 1. The smallest absolute Gasteiger partial charge is 0.321 e. The molecule has 4 nitrogen and oxygen atoms in total. The van der Waals surface area contributed by atoms with Crippen LogP contribution < -0.4 is 0 Å². The summed E-state index contributed by atoms with van der Waals surface area (Å²) in [6.07, 6.45) is 0.734. The van der Waals surface area contributed by atoms with Crippen LogP contribution in [-0.2, 0) is 25.1 Å². The normalized spacial score (nSPS) is 31.1. The molecule has 1 aliphatic heterocycles. The van der Waals surface area contributed by atoms with E-state index in [0.29, 0.717) is 6.61 Å². The van der Waals surface area contributed by atoms with Crippen LogP contribution >= 0.6 is 0 Å². The molecule has 1 fully saturated rings. The van der Waals surface area contributed by atoms with Crippen molar-refractivity contribution in [3.8, 4) is 0 Å². The maximum atomic E-state index is 11.9. The molecule has 1 aliphatic rings. The second-order valence-corrected chi connectivity index (χ2v) is 5.37. The molecular weight excluding hydrogens is 204 g/mol. The number of carbonyl (C=O) groups is 1. The standard InChI is InChI=1S/C9H16O4S/c1-6-8(4-5-13-6)14(11)7(2)9(10)12-3/h6-8H,4-5H2,1-3H3. The quantitative estimate of drug-likeness (QED) is 0.649. The molecule has 4 unspecified atom stereocenters. The summed E-state index contributed by atoms with van der Waals surface area (Å²) < 4.78 is 21.7. The average Bonchev–Trinajstić information content (AvgIpc) is 2.61. The first-order valence-electron chi connectivity index (χ1n) is 4.66. The van der Waals surface area contributed by atoms with Crippen molar-refractivity contribution >= 4 is 16.8 Å². The fraction of sp³-hybridized carbons (Fsp3) is 0.889. The summed E-state index contributed by atoms with van der Waals surface area (Å²) in [6.45, 7) is 4.15. The van der Waals surface area contributed by atoms with Gasteiger partial charge in [0.15, 0.2) is 0 Å². The highest BCUT2D eigenvalue weighted by Gasteiger charge is 2.35. The van der Waals surface area contributed by atoms with Crippen LogP contribution in [0.15, 0.2) is 0 Å². The molecule has 0 aromatic heterocycles. The van der Waals surface area contributed by atoms with Gasteiger partial charge in [-0.25, -0.2) is 0 Å². The van der Waals surface area contributed by atoms with Gasteiger partial charge in [0, 0.05) is 17.4 Å². The molecule has 0 bridgehead atoms. The van der Waals surface area contributed by atoms with E-state index in [1.165, 1.54) is 7.11 Å². The summed E-state index contributed by atoms with van der Waals surface area (Å²) in [4.78, 5) is 11.2. The average molecular weight is 220 g/mol. The molecule has 0 saturated carbocycles. The number of esters is 1. The highest BCUT2D eigenvalue weighted by Crippen LogP contribution is 2.21. The summed E-state index contributed by atoms with van der Waals surface area (Å²) in [5.74, 6) is -0.414. The zero-order valence-corrected chi connectivity index (χ0v) is 9.50. The van der Waals surface area contributed by atoms with Gasteiger partial charge >= 0.3 is 5.97 Å². The van der Waals surface area contributed by atoms with Crippen molar-refractivity contribution in [2.24, 2.45) is 0 Å². The van der Waals surface area contributed by atoms with Crippen molar-refractivity contribution in [1.29, 1.82) is 0 Å². The molecule has 5 heteroatoms. The molecule has 14 heavy (non-hydrogen) atoms. The van der Waals surface area contributed by atoms with E-state index < -0.39 is 22.0 Å². The van der Waals surface area contributed by atoms with Crippen molar-refractivity contribution in [2.75, 3.05) is 13.7 Å². The van der Waals surface area contributed by atoms with Gasteiger partial charge in [-0.1, -0.05) is 0 Å². The molecular formula is C9H16O4S. The minimum atomic E-state index is -1.20. The van der Waals surface area contributed by atoms with E-state index in [0.717, 1.165) is 6.42 Å². The van der Waals surface area contributed by atoms with E-state index in [4.69, 9.17) is 4.74 Å². The lowest BCUT2D eigenvalue weighted by Crippen LogP contribution is -2.34. The van der Waals surface area contributed by atoms with E-state index in [1.54, 1.807) is 6.92 Å². The number of ether oxygens (including phenoxy) is 2. The van der Waals surface area contributed by atoms with Gasteiger partial charge in [-0.15, -0.1) is 0 Å². The van der Waals surface area contributed by atoms with E-state index >= 15 is 0 Å².